The van der Waals surface area contributed by atoms with Gasteiger partial charge in [0, 0.05) is 25.1 Å². The largest absolute Gasteiger partial charge is 0.346 e. The molecule has 2 aromatic heterocycles. The first-order chi connectivity index (χ1) is 10.7. The number of hydrogen-bond acceptors (Lipinski definition) is 6. The maximum atomic E-state index is 12.2. The summed E-state index contributed by atoms with van der Waals surface area (Å²) in [5, 5.41) is 14.8. The smallest absolute Gasteiger partial charge is 0.267 e. The molecule has 0 unspecified atom stereocenters. The van der Waals surface area contributed by atoms with Crippen LogP contribution in [0.3, 0.4) is 0 Å². The van der Waals surface area contributed by atoms with Gasteiger partial charge in [-0.2, -0.15) is 5.10 Å². The van der Waals surface area contributed by atoms with E-state index in [-0.39, 0.29) is 5.56 Å². The molecule has 1 fully saturated rings. The molecule has 1 aliphatic carbocycles. The first-order valence-corrected chi connectivity index (χ1v) is 8.65. The Morgan fingerprint density at radius 2 is 2.09 bits per heavy atom. The zero-order valence-electron chi connectivity index (χ0n) is 12.7. The van der Waals surface area contributed by atoms with E-state index in [0.717, 1.165) is 47.3 Å². The lowest BCUT2D eigenvalue weighted by atomic mass is 9.97. The van der Waals surface area contributed by atoms with E-state index in [0.29, 0.717) is 12.5 Å². The summed E-state index contributed by atoms with van der Waals surface area (Å²) >= 11 is 1.62. The highest BCUT2D eigenvalue weighted by atomic mass is 32.1. The van der Waals surface area contributed by atoms with Crippen molar-refractivity contribution in [3.05, 3.63) is 32.7 Å². The topological polar surface area (TPSA) is 63.9 Å². The summed E-state index contributed by atoms with van der Waals surface area (Å²) in [5.41, 5.74) is 2.33. The van der Waals surface area contributed by atoms with E-state index in [1.165, 1.54) is 12.8 Å². The molecule has 116 valence electrons. The van der Waals surface area contributed by atoms with Gasteiger partial charge in [-0.05, 0) is 38.2 Å². The van der Waals surface area contributed by atoms with E-state index in [4.69, 9.17) is 0 Å². The molecule has 0 atom stereocenters. The van der Waals surface area contributed by atoms with Gasteiger partial charge in [0.05, 0.1) is 12.2 Å². The number of aromatic nitrogens is 4. The zero-order chi connectivity index (χ0) is 15.1. The van der Waals surface area contributed by atoms with E-state index in [1.807, 2.05) is 6.92 Å². The van der Waals surface area contributed by atoms with E-state index in [1.54, 1.807) is 22.1 Å². The average Bonchev–Trinajstić information content (AvgIpc) is 2.88. The van der Waals surface area contributed by atoms with Crippen molar-refractivity contribution in [1.29, 1.82) is 0 Å². The minimum atomic E-state index is 0.0471. The lowest BCUT2D eigenvalue weighted by Crippen LogP contribution is -2.49. The van der Waals surface area contributed by atoms with Crippen LogP contribution in [0.25, 0.3) is 0 Å². The average molecular weight is 317 g/mol. The molecule has 7 heteroatoms. The first kappa shape index (κ1) is 13.9. The second-order valence-electron chi connectivity index (χ2n) is 6.22. The van der Waals surface area contributed by atoms with Gasteiger partial charge in [0.2, 0.25) is 5.13 Å². The summed E-state index contributed by atoms with van der Waals surface area (Å²) in [7, 11) is 0. The van der Waals surface area contributed by atoms with Crippen LogP contribution in [0.1, 0.15) is 29.1 Å². The lowest BCUT2D eigenvalue weighted by molar-refractivity contribution is 0.331. The van der Waals surface area contributed by atoms with Crippen LogP contribution in [0.5, 0.6) is 0 Å². The number of anilines is 1. The van der Waals surface area contributed by atoms with Crippen molar-refractivity contribution in [2.75, 3.05) is 18.0 Å². The Labute approximate surface area is 132 Å². The molecule has 2 aromatic rings. The fourth-order valence-electron chi connectivity index (χ4n) is 3.23. The maximum absolute atomic E-state index is 12.2. The van der Waals surface area contributed by atoms with E-state index >= 15 is 0 Å². The van der Waals surface area contributed by atoms with Crippen LogP contribution < -0.4 is 10.5 Å². The number of aryl methyl sites for hydroxylation is 3. The van der Waals surface area contributed by atoms with Gasteiger partial charge in [-0.3, -0.25) is 4.79 Å². The van der Waals surface area contributed by atoms with Crippen LogP contribution in [0, 0.1) is 12.8 Å². The SMILES string of the molecule is Cc1nnc(N2CC(Cn3nc4c(cc3=O)CCCC4)C2)s1. The van der Waals surface area contributed by atoms with Gasteiger partial charge in [-0.1, -0.05) is 11.3 Å². The number of fused-ring (bicyclic) bond motifs is 1. The molecule has 0 N–H and O–H groups in total. The van der Waals surface area contributed by atoms with E-state index in [9.17, 15) is 4.79 Å². The first-order valence-electron chi connectivity index (χ1n) is 7.84. The van der Waals surface area contributed by atoms with E-state index < -0.39 is 0 Å². The Hall–Kier alpha value is -1.76. The predicted octanol–water partition coefficient (Wildman–Crippen LogP) is 1.42. The quantitative estimate of drug-likeness (QED) is 0.856. The van der Waals surface area contributed by atoms with Gasteiger partial charge in [0.15, 0.2) is 0 Å². The molecule has 0 amide bonds. The standard InChI is InChI=1S/C15H19N5OS/c1-10-16-17-15(22-10)19-7-11(8-19)9-20-14(21)6-12-4-2-3-5-13(12)18-20/h6,11H,2-5,7-9H2,1H3. The van der Waals surface area contributed by atoms with E-state index in [2.05, 4.69) is 20.2 Å². The molecule has 4 rings (SSSR count). The molecule has 1 aliphatic heterocycles. The number of hydrogen-bond donors (Lipinski definition) is 0. The molecular formula is C15H19N5OS. The maximum Gasteiger partial charge on any atom is 0.267 e. The third kappa shape index (κ3) is 2.54. The van der Waals surface area contributed by atoms with Crippen LogP contribution in [-0.4, -0.2) is 33.1 Å². The molecule has 6 nitrogen and oxygen atoms in total. The second kappa shape index (κ2) is 5.46. The summed E-state index contributed by atoms with van der Waals surface area (Å²) in [5.74, 6) is 0.469. The van der Waals surface area contributed by atoms with Crippen molar-refractivity contribution in [1.82, 2.24) is 20.0 Å². The Balaban J connectivity index is 1.43. The number of rotatable bonds is 3. The van der Waals surface area contributed by atoms with Crippen LogP contribution in [0.2, 0.25) is 0 Å². The molecule has 0 spiro atoms. The van der Waals surface area contributed by atoms with Crippen LogP contribution in [-0.2, 0) is 19.4 Å². The van der Waals surface area contributed by atoms with Gasteiger partial charge < -0.3 is 4.90 Å². The minimum Gasteiger partial charge on any atom is -0.346 e. The normalized spacial score (nSPS) is 18.1. The van der Waals surface area contributed by atoms with Gasteiger partial charge in [-0.15, -0.1) is 10.2 Å². The Morgan fingerprint density at radius 3 is 2.86 bits per heavy atom. The summed E-state index contributed by atoms with van der Waals surface area (Å²) < 4.78 is 1.66. The lowest BCUT2D eigenvalue weighted by Gasteiger charge is -2.38. The molecule has 2 aliphatic rings. The molecular weight excluding hydrogens is 298 g/mol. The van der Waals surface area contributed by atoms with Crippen molar-refractivity contribution in [3.8, 4) is 0 Å². The van der Waals surface area contributed by atoms with Crippen molar-refractivity contribution >= 4 is 16.5 Å². The molecule has 1 saturated heterocycles. The Kier molecular flexibility index (Phi) is 3.44. The van der Waals surface area contributed by atoms with Crippen molar-refractivity contribution in [2.24, 2.45) is 5.92 Å². The monoisotopic (exact) mass is 317 g/mol. The van der Waals surface area contributed by atoms with Crippen LogP contribution in [0.4, 0.5) is 5.13 Å². The molecule has 0 saturated carbocycles. The third-order valence-electron chi connectivity index (χ3n) is 4.45. The van der Waals surface area contributed by atoms with Crippen molar-refractivity contribution in [3.63, 3.8) is 0 Å². The van der Waals surface area contributed by atoms with Gasteiger partial charge in [0.1, 0.15) is 5.01 Å². The third-order valence-corrected chi connectivity index (χ3v) is 5.35. The number of nitrogens with zero attached hydrogens (tertiary/aromatic N) is 5. The summed E-state index contributed by atoms with van der Waals surface area (Å²) in [6.45, 7) is 4.54. The van der Waals surface area contributed by atoms with Gasteiger partial charge in [-0.25, -0.2) is 4.68 Å². The highest BCUT2D eigenvalue weighted by molar-refractivity contribution is 7.15. The van der Waals surface area contributed by atoms with Crippen molar-refractivity contribution < 1.29 is 0 Å². The van der Waals surface area contributed by atoms with Gasteiger partial charge in [0.25, 0.3) is 5.56 Å². The van der Waals surface area contributed by atoms with Gasteiger partial charge >= 0.3 is 0 Å². The molecule has 22 heavy (non-hydrogen) atoms. The summed E-state index contributed by atoms with van der Waals surface area (Å²) in [6.07, 6.45) is 4.38. The highest BCUT2D eigenvalue weighted by Gasteiger charge is 2.30. The molecule has 0 bridgehead atoms. The molecule has 0 radical (unpaired) electrons. The Morgan fingerprint density at radius 1 is 1.27 bits per heavy atom. The predicted molar refractivity (Wildman–Crippen MR) is 85.5 cm³/mol. The second-order valence-corrected chi connectivity index (χ2v) is 7.38. The minimum absolute atomic E-state index is 0.0471. The summed E-state index contributed by atoms with van der Waals surface area (Å²) in [4.78, 5) is 14.4. The molecule has 0 aromatic carbocycles. The van der Waals surface area contributed by atoms with Crippen molar-refractivity contribution in [2.45, 2.75) is 39.2 Å². The zero-order valence-corrected chi connectivity index (χ0v) is 13.5. The molecule has 3 heterocycles. The highest BCUT2D eigenvalue weighted by Crippen LogP contribution is 2.28. The summed E-state index contributed by atoms with van der Waals surface area (Å²) in [6, 6.07) is 1.80. The fourth-order valence-corrected chi connectivity index (χ4v) is 3.94. The van der Waals surface area contributed by atoms with Crippen LogP contribution >= 0.6 is 11.3 Å². The van der Waals surface area contributed by atoms with Crippen LogP contribution in [0.15, 0.2) is 10.9 Å². The Bertz CT molecular complexity index is 747. The fraction of sp³-hybridized carbons (Fsp3) is 0.600.